The van der Waals surface area contributed by atoms with Crippen LogP contribution in [-0.2, 0) is 0 Å². The fourth-order valence-corrected chi connectivity index (χ4v) is 2.58. The summed E-state index contributed by atoms with van der Waals surface area (Å²) in [6.07, 6.45) is 0. The van der Waals surface area contributed by atoms with E-state index in [4.69, 9.17) is 5.73 Å². The van der Waals surface area contributed by atoms with E-state index >= 15 is 0 Å². The van der Waals surface area contributed by atoms with Crippen molar-refractivity contribution >= 4 is 28.4 Å². The Balaban J connectivity index is 0.000000236. The highest BCUT2D eigenvalue weighted by atomic mass is 14.9. The van der Waals surface area contributed by atoms with Gasteiger partial charge in [0.25, 0.3) is 0 Å². The standard InChI is InChI=1S/C18H16N2.C7H9N/c1-3-7-15(8-4-1)19-17-11-13-18(14-12-17)20-16-9-5-2-6-10-16;1-6-2-4-7(8)5-3-6/h1-14,19-20H;2-5H,8H2,1H3. The van der Waals surface area contributed by atoms with Crippen LogP contribution in [0.1, 0.15) is 5.56 Å². The van der Waals surface area contributed by atoms with E-state index in [9.17, 15) is 0 Å². The van der Waals surface area contributed by atoms with E-state index in [1.807, 2.05) is 67.6 Å². The molecular weight excluding hydrogens is 342 g/mol. The first-order valence-electron chi connectivity index (χ1n) is 9.25. The van der Waals surface area contributed by atoms with Crippen LogP contribution in [0.25, 0.3) is 0 Å². The van der Waals surface area contributed by atoms with Crippen LogP contribution >= 0.6 is 0 Å². The molecule has 4 N–H and O–H groups in total. The predicted octanol–water partition coefficient (Wildman–Crippen LogP) is 6.75. The van der Waals surface area contributed by atoms with Gasteiger partial charge in [0.15, 0.2) is 0 Å². The minimum Gasteiger partial charge on any atom is -0.399 e. The third-order valence-corrected chi connectivity index (χ3v) is 4.09. The SMILES string of the molecule is Cc1ccc(N)cc1.c1ccc(Nc2ccc(Nc3ccccc3)cc2)cc1. The molecule has 0 spiro atoms. The fraction of sp³-hybridized carbons (Fsp3) is 0.0400. The lowest BCUT2D eigenvalue weighted by atomic mass is 10.2. The van der Waals surface area contributed by atoms with Crippen molar-refractivity contribution in [1.29, 1.82) is 0 Å². The van der Waals surface area contributed by atoms with Crippen LogP contribution < -0.4 is 16.4 Å². The zero-order valence-electron chi connectivity index (χ0n) is 16.0. The molecule has 0 saturated heterocycles. The van der Waals surface area contributed by atoms with Crippen LogP contribution in [0.4, 0.5) is 28.4 Å². The van der Waals surface area contributed by atoms with Gasteiger partial charge in [-0.3, -0.25) is 0 Å². The lowest BCUT2D eigenvalue weighted by Gasteiger charge is -2.09. The Morgan fingerprint density at radius 3 is 1.18 bits per heavy atom. The second-order valence-corrected chi connectivity index (χ2v) is 6.47. The molecular formula is C25H25N3. The summed E-state index contributed by atoms with van der Waals surface area (Å²) in [4.78, 5) is 0. The number of nitrogens with two attached hydrogens (primary N) is 1. The molecule has 0 aliphatic carbocycles. The summed E-state index contributed by atoms with van der Waals surface area (Å²) in [5, 5.41) is 6.73. The van der Waals surface area contributed by atoms with E-state index in [1.54, 1.807) is 0 Å². The van der Waals surface area contributed by atoms with Gasteiger partial charge in [0.05, 0.1) is 0 Å². The lowest BCUT2D eigenvalue weighted by molar-refractivity contribution is 1.47. The second-order valence-electron chi connectivity index (χ2n) is 6.47. The Bertz CT molecular complexity index is 867. The van der Waals surface area contributed by atoms with Gasteiger partial charge in [-0.1, -0.05) is 54.1 Å². The van der Waals surface area contributed by atoms with Crippen molar-refractivity contribution in [2.75, 3.05) is 16.4 Å². The van der Waals surface area contributed by atoms with E-state index in [-0.39, 0.29) is 0 Å². The quantitative estimate of drug-likeness (QED) is 0.350. The van der Waals surface area contributed by atoms with Crippen molar-refractivity contribution in [3.05, 3.63) is 115 Å². The molecule has 4 rings (SSSR count). The average molecular weight is 367 g/mol. The van der Waals surface area contributed by atoms with E-state index in [0.717, 1.165) is 28.4 Å². The average Bonchev–Trinajstić information content (AvgIpc) is 2.74. The van der Waals surface area contributed by atoms with Gasteiger partial charge in [0.2, 0.25) is 0 Å². The molecule has 0 amide bonds. The molecule has 3 heteroatoms. The molecule has 28 heavy (non-hydrogen) atoms. The monoisotopic (exact) mass is 367 g/mol. The van der Waals surface area contributed by atoms with Crippen molar-refractivity contribution in [2.45, 2.75) is 6.92 Å². The summed E-state index contributed by atoms with van der Waals surface area (Å²) in [6.45, 7) is 2.04. The molecule has 0 radical (unpaired) electrons. The van der Waals surface area contributed by atoms with Gasteiger partial charge in [-0.05, 0) is 67.6 Å². The Morgan fingerprint density at radius 2 is 0.821 bits per heavy atom. The van der Waals surface area contributed by atoms with Crippen molar-refractivity contribution in [1.82, 2.24) is 0 Å². The van der Waals surface area contributed by atoms with Gasteiger partial charge in [-0.15, -0.1) is 0 Å². The molecule has 0 aliphatic rings. The van der Waals surface area contributed by atoms with Gasteiger partial charge in [0, 0.05) is 28.4 Å². The largest absolute Gasteiger partial charge is 0.399 e. The number of anilines is 5. The third kappa shape index (κ3) is 6.22. The highest BCUT2D eigenvalue weighted by molar-refractivity contribution is 5.65. The minimum absolute atomic E-state index is 0.829. The number of aryl methyl sites for hydroxylation is 1. The number of benzene rings is 4. The van der Waals surface area contributed by atoms with Gasteiger partial charge >= 0.3 is 0 Å². The van der Waals surface area contributed by atoms with Crippen LogP contribution in [0.3, 0.4) is 0 Å². The third-order valence-electron chi connectivity index (χ3n) is 4.09. The maximum Gasteiger partial charge on any atom is 0.0385 e. The first-order valence-corrected chi connectivity index (χ1v) is 9.25. The molecule has 4 aromatic carbocycles. The molecule has 0 atom stereocenters. The van der Waals surface area contributed by atoms with Crippen molar-refractivity contribution in [3.8, 4) is 0 Å². The zero-order valence-corrected chi connectivity index (χ0v) is 16.0. The van der Waals surface area contributed by atoms with Crippen LogP contribution in [0.15, 0.2) is 109 Å². The number of para-hydroxylation sites is 2. The summed E-state index contributed by atoms with van der Waals surface area (Å²) < 4.78 is 0. The van der Waals surface area contributed by atoms with Crippen molar-refractivity contribution in [3.63, 3.8) is 0 Å². The molecule has 3 nitrogen and oxygen atoms in total. The van der Waals surface area contributed by atoms with E-state index in [2.05, 4.69) is 59.2 Å². The Kier molecular flexibility index (Phi) is 6.69. The van der Waals surface area contributed by atoms with Crippen LogP contribution in [0.5, 0.6) is 0 Å². The summed E-state index contributed by atoms with van der Waals surface area (Å²) in [6, 6.07) is 36.4. The first-order chi connectivity index (χ1) is 13.7. The van der Waals surface area contributed by atoms with Gasteiger partial charge in [0.1, 0.15) is 0 Å². The van der Waals surface area contributed by atoms with E-state index in [0.29, 0.717) is 0 Å². The van der Waals surface area contributed by atoms with Crippen molar-refractivity contribution < 1.29 is 0 Å². The topological polar surface area (TPSA) is 50.1 Å². The first kappa shape index (κ1) is 19.1. The van der Waals surface area contributed by atoms with Crippen LogP contribution in [-0.4, -0.2) is 0 Å². The van der Waals surface area contributed by atoms with Crippen LogP contribution in [0, 0.1) is 6.92 Å². The highest BCUT2D eigenvalue weighted by Gasteiger charge is 1.96. The Labute approximate surface area is 166 Å². The minimum atomic E-state index is 0.829. The molecule has 0 heterocycles. The lowest BCUT2D eigenvalue weighted by Crippen LogP contribution is -1.92. The molecule has 0 saturated carbocycles. The molecule has 0 bridgehead atoms. The fourth-order valence-electron chi connectivity index (χ4n) is 2.58. The molecule has 0 fully saturated rings. The summed E-state index contributed by atoms with van der Waals surface area (Å²) in [5.41, 5.74) is 11.8. The number of rotatable bonds is 4. The summed E-state index contributed by atoms with van der Waals surface area (Å²) in [5.74, 6) is 0. The summed E-state index contributed by atoms with van der Waals surface area (Å²) >= 11 is 0. The maximum atomic E-state index is 5.43. The second kappa shape index (κ2) is 9.83. The molecule has 0 unspecified atom stereocenters. The van der Waals surface area contributed by atoms with Crippen LogP contribution in [0.2, 0.25) is 0 Å². The number of nitrogens with one attached hydrogen (secondary N) is 2. The van der Waals surface area contributed by atoms with Gasteiger partial charge in [-0.25, -0.2) is 0 Å². The Hall–Kier alpha value is -3.72. The zero-order chi connectivity index (χ0) is 19.6. The molecule has 140 valence electrons. The number of hydrogen-bond donors (Lipinski definition) is 3. The molecule has 0 aromatic heterocycles. The molecule has 4 aromatic rings. The highest BCUT2D eigenvalue weighted by Crippen LogP contribution is 2.21. The summed E-state index contributed by atoms with van der Waals surface area (Å²) in [7, 11) is 0. The van der Waals surface area contributed by atoms with E-state index in [1.165, 1.54) is 5.56 Å². The van der Waals surface area contributed by atoms with Gasteiger partial charge in [-0.2, -0.15) is 0 Å². The number of nitrogen functional groups attached to an aromatic ring is 1. The smallest absolute Gasteiger partial charge is 0.0385 e. The van der Waals surface area contributed by atoms with E-state index < -0.39 is 0 Å². The predicted molar refractivity (Wildman–Crippen MR) is 121 cm³/mol. The maximum absolute atomic E-state index is 5.43. The van der Waals surface area contributed by atoms with Crippen molar-refractivity contribution in [2.24, 2.45) is 0 Å². The van der Waals surface area contributed by atoms with Gasteiger partial charge < -0.3 is 16.4 Å². The normalized spacial score (nSPS) is 9.75. The molecule has 0 aliphatic heterocycles. The number of hydrogen-bond acceptors (Lipinski definition) is 3. The Morgan fingerprint density at radius 1 is 0.464 bits per heavy atom.